The molecule has 1 aromatic carbocycles. The van der Waals surface area contributed by atoms with Crippen molar-refractivity contribution in [3.05, 3.63) is 29.1 Å². The molecule has 0 radical (unpaired) electrons. The molecule has 0 aliphatic carbocycles. The highest BCUT2D eigenvalue weighted by Gasteiger charge is 2.27. The van der Waals surface area contributed by atoms with E-state index in [1.165, 1.54) is 23.4 Å². The van der Waals surface area contributed by atoms with Gasteiger partial charge in [-0.3, -0.25) is 9.59 Å². The Labute approximate surface area is 145 Å². The minimum atomic E-state index is -0.670. The number of benzene rings is 1. The molecule has 0 aromatic heterocycles. The zero-order valence-corrected chi connectivity index (χ0v) is 14.5. The average Bonchev–Trinajstić information content (AvgIpc) is 2.56. The Balaban J connectivity index is 3.25. The fourth-order valence-corrected chi connectivity index (χ4v) is 2.65. The molecule has 3 N–H and O–H groups in total. The lowest BCUT2D eigenvalue weighted by Gasteiger charge is -2.29. The Kier molecular flexibility index (Phi) is 7.18. The molecule has 0 heterocycles. The van der Waals surface area contributed by atoms with Crippen LogP contribution in [-0.4, -0.2) is 47.6 Å². The lowest BCUT2D eigenvalue weighted by atomic mass is 10.0. The molecule has 0 fully saturated rings. The van der Waals surface area contributed by atoms with Crippen LogP contribution in [0.1, 0.15) is 28.8 Å². The quantitative estimate of drug-likeness (QED) is 0.441. The molecule has 8 heteroatoms. The van der Waals surface area contributed by atoms with Gasteiger partial charge in [-0.05, 0) is 30.3 Å². The first-order valence-corrected chi connectivity index (χ1v) is 7.72. The topological polar surface area (TPSA) is 75.4 Å². The number of hydrogen-bond donors (Lipinski definition) is 2. The Hall–Kier alpha value is -1.93. The number of nitrogens with two attached hydrogens (primary N) is 1. The maximum absolute atomic E-state index is 13.7. The van der Waals surface area contributed by atoms with Gasteiger partial charge in [0.15, 0.2) is 6.29 Å². The second kappa shape index (κ2) is 8.64. The zero-order valence-electron chi connectivity index (χ0n) is 12.8. The van der Waals surface area contributed by atoms with Gasteiger partial charge in [0.1, 0.15) is 16.8 Å². The summed E-state index contributed by atoms with van der Waals surface area (Å²) in [6.07, 6.45) is 1.52. The average molecular weight is 355 g/mol. The molecule has 1 atom stereocenters. The van der Waals surface area contributed by atoms with Crippen LogP contribution in [0.2, 0.25) is 0 Å². The van der Waals surface area contributed by atoms with Gasteiger partial charge in [-0.1, -0.05) is 24.4 Å². The second-order valence-corrected chi connectivity index (χ2v) is 5.55. The summed E-state index contributed by atoms with van der Waals surface area (Å²) in [5.41, 5.74) is 5.82. The third-order valence-electron chi connectivity index (χ3n) is 3.46. The van der Waals surface area contributed by atoms with E-state index in [9.17, 15) is 14.0 Å². The molecule has 0 saturated heterocycles. The number of nitrogens with one attached hydrogen (secondary N) is 1. The van der Waals surface area contributed by atoms with Crippen LogP contribution in [0.4, 0.5) is 10.1 Å². The number of halogens is 1. The summed E-state index contributed by atoms with van der Waals surface area (Å²) >= 11 is 10.1. The summed E-state index contributed by atoms with van der Waals surface area (Å²) in [6, 6.07) is 1.81. The van der Waals surface area contributed by atoms with Crippen molar-refractivity contribution < 1.29 is 14.0 Å². The Morgan fingerprint density at radius 2 is 2.17 bits per heavy atom. The Bertz CT molecular complexity index is 637. The lowest BCUT2D eigenvalue weighted by Crippen LogP contribution is -2.46. The maximum atomic E-state index is 13.7. The molecule has 0 spiro atoms. The van der Waals surface area contributed by atoms with Gasteiger partial charge in [-0.25, -0.2) is 4.39 Å². The molecule has 1 unspecified atom stereocenters. The van der Waals surface area contributed by atoms with Crippen LogP contribution >= 0.6 is 24.4 Å². The molecule has 0 aliphatic rings. The van der Waals surface area contributed by atoms with E-state index in [0.29, 0.717) is 19.1 Å². The Morgan fingerprint density at radius 3 is 2.70 bits per heavy atom. The van der Waals surface area contributed by atoms with Gasteiger partial charge in [0.25, 0.3) is 0 Å². The standard InChI is InChI=1S/C15H18FN3O2S2/c1-18-14(21)11(4-3-7-22)19(2)15(23)12-9(8-20)5-6-10(16)13(12)17/h5-8,11H,3-4,17H2,1-2H3,(H,18,21). The molecule has 0 aliphatic heterocycles. The van der Waals surface area contributed by atoms with E-state index >= 15 is 0 Å². The highest BCUT2D eigenvalue weighted by atomic mass is 32.1. The van der Waals surface area contributed by atoms with Crippen molar-refractivity contribution in [2.75, 3.05) is 19.8 Å². The van der Waals surface area contributed by atoms with E-state index in [-0.39, 0.29) is 27.7 Å². The first-order valence-electron chi connectivity index (χ1n) is 6.84. The molecule has 0 saturated carbocycles. The highest BCUT2D eigenvalue weighted by molar-refractivity contribution is 7.80. The molecule has 23 heavy (non-hydrogen) atoms. The number of rotatable bonds is 7. The van der Waals surface area contributed by atoms with Crippen molar-refractivity contribution >= 4 is 52.7 Å². The molecule has 1 amide bonds. The first kappa shape index (κ1) is 19.1. The van der Waals surface area contributed by atoms with Crippen molar-refractivity contribution in [3.8, 4) is 0 Å². The van der Waals surface area contributed by atoms with E-state index < -0.39 is 11.9 Å². The minimum Gasteiger partial charge on any atom is -0.396 e. The summed E-state index contributed by atoms with van der Waals surface area (Å²) in [4.78, 5) is 24.9. The monoisotopic (exact) mass is 355 g/mol. The number of likely N-dealkylation sites (N-methyl/N-ethyl adjacent to an activating group) is 2. The Morgan fingerprint density at radius 1 is 1.52 bits per heavy atom. The van der Waals surface area contributed by atoms with Crippen LogP contribution in [-0.2, 0) is 4.79 Å². The van der Waals surface area contributed by atoms with Gasteiger partial charge < -0.3 is 16.0 Å². The number of thiocarbonyl (C=S) groups is 2. The fraction of sp³-hybridized carbons (Fsp3) is 0.333. The van der Waals surface area contributed by atoms with Crippen LogP contribution in [0.25, 0.3) is 0 Å². The fourth-order valence-electron chi connectivity index (χ4n) is 2.16. The predicted octanol–water partition coefficient (Wildman–Crippen LogP) is 1.72. The second-order valence-electron chi connectivity index (χ2n) is 4.83. The normalized spacial score (nSPS) is 11.4. The van der Waals surface area contributed by atoms with Crippen molar-refractivity contribution in [2.45, 2.75) is 18.9 Å². The molecular weight excluding hydrogens is 337 g/mol. The number of hydrogen-bond acceptors (Lipinski definition) is 5. The summed E-state index contributed by atoms with van der Waals surface area (Å²) < 4.78 is 13.7. The third-order valence-corrected chi connectivity index (χ3v) is 4.19. The van der Waals surface area contributed by atoms with Gasteiger partial charge in [0.05, 0.1) is 5.69 Å². The maximum Gasteiger partial charge on any atom is 0.242 e. The summed E-state index contributed by atoms with van der Waals surface area (Å²) in [6.45, 7) is 0. The number of carbonyl (C=O) groups is 2. The highest BCUT2D eigenvalue weighted by Crippen LogP contribution is 2.23. The van der Waals surface area contributed by atoms with Gasteiger partial charge >= 0.3 is 0 Å². The zero-order chi connectivity index (χ0) is 17.6. The predicted molar refractivity (Wildman–Crippen MR) is 96.4 cm³/mol. The van der Waals surface area contributed by atoms with Gasteiger partial charge in [-0.15, -0.1) is 0 Å². The van der Waals surface area contributed by atoms with Gasteiger partial charge in [0.2, 0.25) is 5.91 Å². The van der Waals surface area contributed by atoms with Crippen LogP contribution in [0.3, 0.4) is 0 Å². The summed E-state index contributed by atoms with van der Waals surface area (Å²) in [7, 11) is 3.11. The first-order chi connectivity index (χ1) is 10.9. The molecule has 124 valence electrons. The molecule has 0 bridgehead atoms. The molecule has 1 rings (SSSR count). The van der Waals surface area contributed by atoms with E-state index in [4.69, 9.17) is 30.2 Å². The van der Waals surface area contributed by atoms with Crippen LogP contribution in [0, 0.1) is 5.82 Å². The van der Waals surface area contributed by atoms with E-state index in [1.807, 2.05) is 0 Å². The number of carbonyl (C=O) groups excluding carboxylic acids is 2. The van der Waals surface area contributed by atoms with Crippen molar-refractivity contribution in [1.29, 1.82) is 0 Å². The summed E-state index contributed by atoms with van der Waals surface area (Å²) in [5.74, 6) is -0.925. The lowest BCUT2D eigenvalue weighted by molar-refractivity contribution is -0.124. The van der Waals surface area contributed by atoms with E-state index in [1.54, 1.807) is 7.05 Å². The van der Waals surface area contributed by atoms with Crippen LogP contribution in [0.5, 0.6) is 0 Å². The third kappa shape index (κ3) is 4.29. The minimum absolute atomic E-state index is 0.119. The van der Waals surface area contributed by atoms with E-state index in [0.717, 1.165) is 6.07 Å². The van der Waals surface area contributed by atoms with E-state index in [2.05, 4.69) is 5.32 Å². The number of nitrogen functional groups attached to an aromatic ring is 1. The largest absolute Gasteiger partial charge is 0.396 e. The summed E-state index contributed by atoms with van der Waals surface area (Å²) in [5, 5.41) is 4.08. The number of aldehydes is 1. The van der Waals surface area contributed by atoms with Crippen molar-refractivity contribution in [2.24, 2.45) is 0 Å². The molecule has 5 nitrogen and oxygen atoms in total. The number of anilines is 1. The van der Waals surface area contributed by atoms with Crippen LogP contribution in [0.15, 0.2) is 12.1 Å². The van der Waals surface area contributed by atoms with Gasteiger partial charge in [0, 0.05) is 25.2 Å². The van der Waals surface area contributed by atoms with Crippen molar-refractivity contribution in [3.63, 3.8) is 0 Å². The van der Waals surface area contributed by atoms with Gasteiger partial charge in [-0.2, -0.15) is 0 Å². The van der Waals surface area contributed by atoms with Crippen LogP contribution < -0.4 is 11.1 Å². The SMILES string of the molecule is CNC(=O)C(CCC=S)N(C)C(=S)c1c(C=O)ccc(F)c1N. The number of nitrogens with zero attached hydrogens (tertiary/aromatic N) is 1. The van der Waals surface area contributed by atoms with Crippen molar-refractivity contribution in [1.82, 2.24) is 10.2 Å². The smallest absolute Gasteiger partial charge is 0.242 e. The number of amides is 1. The molecule has 1 aromatic rings. The molecular formula is C15H18FN3O2S2.